The first kappa shape index (κ1) is 12.4. The standard InChI is InChI=1S/C9H20N2O2/c1-7(2)8(9(10)13)11-5-3-4-6-12/h7-8,11-12H,3-6H2,1-2H3,(H2,10,13). The fourth-order valence-corrected chi connectivity index (χ4v) is 1.16. The number of rotatable bonds is 7. The third-order valence-electron chi connectivity index (χ3n) is 1.92. The molecular weight excluding hydrogens is 168 g/mol. The molecule has 1 amide bonds. The van der Waals surface area contributed by atoms with Gasteiger partial charge in [-0.05, 0) is 25.3 Å². The van der Waals surface area contributed by atoms with Crippen LogP contribution in [0.2, 0.25) is 0 Å². The van der Waals surface area contributed by atoms with Gasteiger partial charge in [0.25, 0.3) is 0 Å². The van der Waals surface area contributed by atoms with Gasteiger partial charge in [-0.15, -0.1) is 0 Å². The molecule has 0 aromatic rings. The summed E-state index contributed by atoms with van der Waals surface area (Å²) in [5.41, 5.74) is 5.20. The summed E-state index contributed by atoms with van der Waals surface area (Å²) in [5, 5.41) is 11.6. The molecule has 0 radical (unpaired) electrons. The monoisotopic (exact) mass is 188 g/mol. The first-order valence-electron chi connectivity index (χ1n) is 4.73. The fraction of sp³-hybridized carbons (Fsp3) is 0.889. The van der Waals surface area contributed by atoms with Crippen LogP contribution in [-0.4, -0.2) is 30.2 Å². The molecule has 0 aliphatic carbocycles. The van der Waals surface area contributed by atoms with Crippen molar-refractivity contribution in [2.75, 3.05) is 13.2 Å². The van der Waals surface area contributed by atoms with Gasteiger partial charge in [-0.3, -0.25) is 4.79 Å². The van der Waals surface area contributed by atoms with Gasteiger partial charge in [0, 0.05) is 6.61 Å². The summed E-state index contributed by atoms with van der Waals surface area (Å²) in [6.07, 6.45) is 1.63. The van der Waals surface area contributed by atoms with Crippen molar-refractivity contribution in [3.8, 4) is 0 Å². The second kappa shape index (κ2) is 6.86. The van der Waals surface area contributed by atoms with Gasteiger partial charge in [-0.25, -0.2) is 0 Å². The van der Waals surface area contributed by atoms with E-state index in [2.05, 4.69) is 5.32 Å². The summed E-state index contributed by atoms with van der Waals surface area (Å²) >= 11 is 0. The van der Waals surface area contributed by atoms with Gasteiger partial charge in [0.2, 0.25) is 5.91 Å². The SMILES string of the molecule is CC(C)C(NCCCCO)C(N)=O. The maximum Gasteiger partial charge on any atom is 0.234 e. The number of hydrogen-bond acceptors (Lipinski definition) is 3. The number of primary amides is 1. The fourth-order valence-electron chi connectivity index (χ4n) is 1.16. The number of aliphatic hydroxyl groups excluding tert-OH is 1. The van der Waals surface area contributed by atoms with E-state index in [-0.39, 0.29) is 24.5 Å². The topological polar surface area (TPSA) is 75.3 Å². The van der Waals surface area contributed by atoms with Crippen molar-refractivity contribution < 1.29 is 9.90 Å². The zero-order valence-electron chi connectivity index (χ0n) is 8.42. The second-order valence-corrected chi connectivity index (χ2v) is 3.51. The van der Waals surface area contributed by atoms with Gasteiger partial charge in [-0.1, -0.05) is 13.8 Å². The molecule has 0 aliphatic rings. The Hall–Kier alpha value is -0.610. The highest BCUT2D eigenvalue weighted by atomic mass is 16.2. The Morgan fingerprint density at radius 2 is 2.08 bits per heavy atom. The molecule has 0 aromatic carbocycles. The van der Waals surface area contributed by atoms with E-state index in [4.69, 9.17) is 10.8 Å². The van der Waals surface area contributed by atoms with Crippen molar-refractivity contribution in [2.45, 2.75) is 32.7 Å². The summed E-state index contributed by atoms with van der Waals surface area (Å²) in [4.78, 5) is 10.9. The number of carbonyl (C=O) groups excluding carboxylic acids is 1. The van der Waals surface area contributed by atoms with Crippen molar-refractivity contribution >= 4 is 5.91 Å². The Kier molecular flexibility index (Phi) is 6.54. The van der Waals surface area contributed by atoms with Gasteiger partial charge in [0.1, 0.15) is 0 Å². The highest BCUT2D eigenvalue weighted by Crippen LogP contribution is 2.00. The number of unbranched alkanes of at least 4 members (excludes halogenated alkanes) is 1. The Morgan fingerprint density at radius 1 is 1.46 bits per heavy atom. The maximum atomic E-state index is 10.9. The molecule has 0 saturated carbocycles. The molecule has 1 unspecified atom stereocenters. The molecule has 4 N–H and O–H groups in total. The van der Waals surface area contributed by atoms with Crippen LogP contribution in [-0.2, 0) is 4.79 Å². The summed E-state index contributed by atoms with van der Waals surface area (Å²) in [7, 11) is 0. The van der Waals surface area contributed by atoms with E-state index >= 15 is 0 Å². The summed E-state index contributed by atoms with van der Waals surface area (Å²) in [6.45, 7) is 4.83. The van der Waals surface area contributed by atoms with Gasteiger partial charge >= 0.3 is 0 Å². The van der Waals surface area contributed by atoms with E-state index in [0.717, 1.165) is 19.4 Å². The van der Waals surface area contributed by atoms with Crippen LogP contribution < -0.4 is 11.1 Å². The van der Waals surface area contributed by atoms with Gasteiger partial charge in [-0.2, -0.15) is 0 Å². The minimum Gasteiger partial charge on any atom is -0.396 e. The molecule has 4 nitrogen and oxygen atoms in total. The summed E-state index contributed by atoms with van der Waals surface area (Å²) in [5.74, 6) is -0.0920. The van der Waals surface area contributed by atoms with Crippen molar-refractivity contribution in [3.63, 3.8) is 0 Å². The Balaban J connectivity index is 3.64. The third-order valence-corrected chi connectivity index (χ3v) is 1.92. The van der Waals surface area contributed by atoms with Gasteiger partial charge in [0.15, 0.2) is 0 Å². The quantitative estimate of drug-likeness (QED) is 0.487. The van der Waals surface area contributed by atoms with Crippen molar-refractivity contribution in [1.29, 1.82) is 0 Å². The van der Waals surface area contributed by atoms with Crippen molar-refractivity contribution in [3.05, 3.63) is 0 Å². The second-order valence-electron chi connectivity index (χ2n) is 3.51. The number of nitrogens with one attached hydrogen (secondary N) is 1. The van der Waals surface area contributed by atoms with E-state index in [0.29, 0.717) is 0 Å². The molecule has 1 atom stereocenters. The van der Waals surface area contributed by atoms with Crippen LogP contribution in [0.4, 0.5) is 0 Å². The maximum absolute atomic E-state index is 10.9. The average Bonchev–Trinajstić information content (AvgIpc) is 2.02. The number of hydrogen-bond donors (Lipinski definition) is 3. The van der Waals surface area contributed by atoms with E-state index in [1.54, 1.807) is 0 Å². The lowest BCUT2D eigenvalue weighted by molar-refractivity contribution is -0.121. The largest absolute Gasteiger partial charge is 0.396 e. The van der Waals surface area contributed by atoms with Crippen LogP contribution in [0.3, 0.4) is 0 Å². The molecule has 4 heteroatoms. The van der Waals surface area contributed by atoms with Crippen molar-refractivity contribution in [1.82, 2.24) is 5.32 Å². The first-order chi connectivity index (χ1) is 6.09. The van der Waals surface area contributed by atoms with Crippen LogP contribution in [0.15, 0.2) is 0 Å². The number of nitrogens with two attached hydrogens (primary N) is 1. The van der Waals surface area contributed by atoms with Crippen LogP contribution in [0, 0.1) is 5.92 Å². The minimum absolute atomic E-state index is 0.199. The molecule has 0 saturated heterocycles. The number of aliphatic hydroxyl groups is 1. The Labute approximate surface area is 79.5 Å². The zero-order chi connectivity index (χ0) is 10.3. The molecule has 0 bridgehead atoms. The molecular formula is C9H20N2O2. The highest BCUT2D eigenvalue weighted by molar-refractivity contribution is 5.80. The molecule has 0 heterocycles. The van der Waals surface area contributed by atoms with E-state index in [1.165, 1.54) is 0 Å². The molecule has 0 spiro atoms. The van der Waals surface area contributed by atoms with E-state index in [1.807, 2.05) is 13.8 Å². The molecule has 0 aliphatic heterocycles. The lowest BCUT2D eigenvalue weighted by Crippen LogP contribution is -2.45. The molecule has 13 heavy (non-hydrogen) atoms. The lowest BCUT2D eigenvalue weighted by Gasteiger charge is -2.18. The zero-order valence-corrected chi connectivity index (χ0v) is 8.42. The number of amides is 1. The summed E-state index contributed by atoms with van der Waals surface area (Å²) in [6, 6.07) is -0.251. The predicted molar refractivity (Wildman–Crippen MR) is 52.1 cm³/mol. The summed E-state index contributed by atoms with van der Waals surface area (Å²) < 4.78 is 0. The Bertz CT molecular complexity index is 149. The van der Waals surface area contributed by atoms with Crippen LogP contribution in [0.1, 0.15) is 26.7 Å². The van der Waals surface area contributed by atoms with Gasteiger partial charge in [0.05, 0.1) is 6.04 Å². The van der Waals surface area contributed by atoms with E-state index in [9.17, 15) is 4.79 Å². The first-order valence-corrected chi connectivity index (χ1v) is 4.73. The smallest absolute Gasteiger partial charge is 0.234 e. The average molecular weight is 188 g/mol. The predicted octanol–water partition coefficient (Wildman–Crippen LogP) is -0.142. The molecule has 0 rings (SSSR count). The van der Waals surface area contributed by atoms with Crippen molar-refractivity contribution in [2.24, 2.45) is 11.7 Å². The molecule has 0 aromatic heterocycles. The molecule has 78 valence electrons. The normalized spacial score (nSPS) is 13.2. The molecule has 0 fully saturated rings. The van der Waals surface area contributed by atoms with Crippen LogP contribution in [0.25, 0.3) is 0 Å². The number of carbonyl (C=O) groups is 1. The Morgan fingerprint density at radius 3 is 2.46 bits per heavy atom. The van der Waals surface area contributed by atoms with Crippen LogP contribution >= 0.6 is 0 Å². The van der Waals surface area contributed by atoms with Crippen LogP contribution in [0.5, 0.6) is 0 Å². The van der Waals surface area contributed by atoms with E-state index < -0.39 is 0 Å². The highest BCUT2D eigenvalue weighted by Gasteiger charge is 2.17. The lowest BCUT2D eigenvalue weighted by atomic mass is 10.0. The third kappa shape index (κ3) is 5.60. The minimum atomic E-state index is -0.306. The van der Waals surface area contributed by atoms with Gasteiger partial charge < -0.3 is 16.2 Å².